The number of hydrogen-bond acceptors (Lipinski definition) is 10. The van der Waals surface area contributed by atoms with Crippen molar-refractivity contribution in [3.8, 4) is 22.9 Å². The fourth-order valence-electron chi connectivity index (χ4n) is 4.51. The molecule has 0 aliphatic heterocycles. The molecule has 1 fully saturated rings. The predicted molar refractivity (Wildman–Crippen MR) is 161 cm³/mol. The molecule has 13 heteroatoms. The fourth-order valence-corrected chi connectivity index (χ4v) is 4.51. The summed E-state index contributed by atoms with van der Waals surface area (Å²) in [5.41, 5.74) is 3.36. The van der Waals surface area contributed by atoms with Gasteiger partial charge >= 0.3 is 0 Å². The zero-order valence-electron chi connectivity index (χ0n) is 24.3. The number of carbonyl (C=O) groups is 3. The minimum absolute atomic E-state index is 0.0307. The highest BCUT2D eigenvalue weighted by Gasteiger charge is 2.30. The van der Waals surface area contributed by atoms with E-state index in [-0.39, 0.29) is 47.2 Å². The van der Waals surface area contributed by atoms with Gasteiger partial charge in [0, 0.05) is 61.7 Å². The standard InChI is InChI=1S/C31H29N9O4/c1-33-30(42)27-24(14-26(38-39-27)37-29(41)18-9-10-18)36-22-8-4-7-21(28(22)44-3)19-11-12-23(35-16-19)31(43)40(2)17-20-6-5-13-34-25(20)15-32/h4-8,11-14,16,18H,9-10,17H2,1-3H3,(H,33,42)(H2,36,37,38,41). The van der Waals surface area contributed by atoms with Crippen LogP contribution in [0.3, 0.4) is 0 Å². The number of anilines is 3. The maximum Gasteiger partial charge on any atom is 0.273 e. The second kappa shape index (κ2) is 13.0. The van der Waals surface area contributed by atoms with Gasteiger partial charge in [0.05, 0.1) is 18.5 Å². The Bertz CT molecular complexity index is 1770. The molecule has 0 radical (unpaired) electrons. The highest BCUT2D eigenvalue weighted by Crippen LogP contribution is 2.38. The molecule has 13 nitrogen and oxygen atoms in total. The molecule has 0 spiro atoms. The third kappa shape index (κ3) is 6.44. The second-order valence-electron chi connectivity index (χ2n) is 10.1. The van der Waals surface area contributed by atoms with Crippen LogP contribution >= 0.6 is 0 Å². The summed E-state index contributed by atoms with van der Waals surface area (Å²) < 4.78 is 5.76. The van der Waals surface area contributed by atoms with Crippen molar-refractivity contribution >= 4 is 34.9 Å². The first kappa shape index (κ1) is 29.6. The highest BCUT2D eigenvalue weighted by molar-refractivity contribution is 6.00. The van der Waals surface area contributed by atoms with E-state index in [1.807, 2.05) is 12.1 Å². The molecule has 1 aromatic carbocycles. The van der Waals surface area contributed by atoms with Gasteiger partial charge in [0.2, 0.25) is 5.91 Å². The molecule has 3 amide bonds. The van der Waals surface area contributed by atoms with Crippen LogP contribution in [-0.4, -0.2) is 64.0 Å². The number of carbonyl (C=O) groups excluding carboxylic acids is 3. The van der Waals surface area contributed by atoms with Crippen LogP contribution in [0.4, 0.5) is 17.2 Å². The van der Waals surface area contributed by atoms with Gasteiger partial charge in [-0.15, -0.1) is 10.2 Å². The van der Waals surface area contributed by atoms with Gasteiger partial charge in [-0.3, -0.25) is 19.4 Å². The van der Waals surface area contributed by atoms with Gasteiger partial charge in [-0.25, -0.2) is 4.98 Å². The lowest BCUT2D eigenvalue weighted by Crippen LogP contribution is -2.27. The molecule has 3 N–H and O–H groups in total. The maximum atomic E-state index is 13.1. The Kier molecular flexibility index (Phi) is 8.71. The van der Waals surface area contributed by atoms with E-state index in [0.717, 1.165) is 12.8 Å². The number of rotatable bonds is 10. The maximum absolute atomic E-state index is 13.1. The molecule has 222 valence electrons. The lowest BCUT2D eigenvalue weighted by Gasteiger charge is -2.18. The minimum atomic E-state index is -0.461. The van der Waals surface area contributed by atoms with Crippen molar-refractivity contribution in [3.63, 3.8) is 0 Å². The Morgan fingerprint density at radius 1 is 1.07 bits per heavy atom. The van der Waals surface area contributed by atoms with E-state index >= 15 is 0 Å². The summed E-state index contributed by atoms with van der Waals surface area (Å²) in [5.74, 6) is -0.275. The van der Waals surface area contributed by atoms with Crippen molar-refractivity contribution in [2.45, 2.75) is 19.4 Å². The van der Waals surface area contributed by atoms with Crippen LogP contribution in [-0.2, 0) is 11.3 Å². The van der Waals surface area contributed by atoms with Gasteiger partial charge in [0.1, 0.15) is 23.2 Å². The first-order valence-corrected chi connectivity index (χ1v) is 13.7. The molecule has 1 aliphatic carbocycles. The number of amides is 3. The van der Waals surface area contributed by atoms with Crippen molar-refractivity contribution < 1.29 is 19.1 Å². The number of ether oxygens (including phenoxy) is 1. The molecule has 3 aromatic heterocycles. The van der Waals surface area contributed by atoms with E-state index in [2.05, 4.69) is 36.1 Å². The molecule has 0 atom stereocenters. The molecule has 0 unspecified atom stereocenters. The summed E-state index contributed by atoms with van der Waals surface area (Å²) >= 11 is 0. The van der Waals surface area contributed by atoms with Crippen molar-refractivity contribution in [2.75, 3.05) is 31.8 Å². The molecule has 44 heavy (non-hydrogen) atoms. The van der Waals surface area contributed by atoms with Crippen molar-refractivity contribution in [1.82, 2.24) is 30.4 Å². The molecule has 0 bridgehead atoms. The molecule has 5 rings (SSSR count). The van der Waals surface area contributed by atoms with Crippen LogP contribution < -0.4 is 20.7 Å². The van der Waals surface area contributed by atoms with Crippen LogP contribution in [0.2, 0.25) is 0 Å². The summed E-state index contributed by atoms with van der Waals surface area (Å²) in [6, 6.07) is 15.9. The van der Waals surface area contributed by atoms with Crippen LogP contribution in [0.25, 0.3) is 11.1 Å². The third-order valence-electron chi connectivity index (χ3n) is 6.97. The second-order valence-corrected chi connectivity index (χ2v) is 10.1. The topological polar surface area (TPSA) is 175 Å². The zero-order chi connectivity index (χ0) is 31.2. The van der Waals surface area contributed by atoms with Crippen LogP contribution in [0.1, 0.15) is 45.1 Å². The van der Waals surface area contributed by atoms with Gasteiger partial charge in [-0.05, 0) is 31.0 Å². The molecular weight excluding hydrogens is 562 g/mol. The smallest absolute Gasteiger partial charge is 0.273 e. The van der Waals surface area contributed by atoms with E-state index in [1.54, 1.807) is 55.7 Å². The van der Waals surface area contributed by atoms with Gasteiger partial charge in [0.15, 0.2) is 11.5 Å². The van der Waals surface area contributed by atoms with Gasteiger partial charge in [-0.2, -0.15) is 5.26 Å². The summed E-state index contributed by atoms with van der Waals surface area (Å²) in [4.78, 5) is 47.8. The number of methoxy groups -OCH3 is 1. The van der Waals surface area contributed by atoms with E-state index in [1.165, 1.54) is 25.3 Å². The summed E-state index contributed by atoms with van der Waals surface area (Å²) in [6.45, 7) is 0.203. The summed E-state index contributed by atoms with van der Waals surface area (Å²) in [7, 11) is 4.64. The predicted octanol–water partition coefficient (Wildman–Crippen LogP) is 3.54. The van der Waals surface area contributed by atoms with E-state index in [4.69, 9.17) is 4.74 Å². The average molecular weight is 592 g/mol. The summed E-state index contributed by atoms with van der Waals surface area (Å²) in [5, 5.41) is 25.9. The minimum Gasteiger partial charge on any atom is -0.494 e. The summed E-state index contributed by atoms with van der Waals surface area (Å²) in [6.07, 6.45) is 4.77. The Hall–Kier alpha value is -5.90. The number of hydrogen-bond donors (Lipinski definition) is 3. The zero-order valence-corrected chi connectivity index (χ0v) is 24.3. The number of nitrogens with one attached hydrogen (secondary N) is 3. The van der Waals surface area contributed by atoms with Crippen LogP contribution in [0.15, 0.2) is 60.9 Å². The number of benzene rings is 1. The largest absolute Gasteiger partial charge is 0.494 e. The third-order valence-corrected chi connectivity index (χ3v) is 6.97. The monoisotopic (exact) mass is 591 g/mol. The van der Waals surface area contributed by atoms with Gasteiger partial charge in [-0.1, -0.05) is 24.3 Å². The molecule has 4 aromatic rings. The Labute approximate surface area is 253 Å². The van der Waals surface area contributed by atoms with Crippen molar-refractivity contribution in [2.24, 2.45) is 5.92 Å². The molecular formula is C31H29N9O4. The Balaban J connectivity index is 1.39. The Morgan fingerprint density at radius 3 is 2.57 bits per heavy atom. The lowest BCUT2D eigenvalue weighted by molar-refractivity contribution is -0.117. The highest BCUT2D eigenvalue weighted by atomic mass is 16.5. The number of nitrogens with zero attached hydrogens (tertiary/aromatic N) is 6. The number of nitriles is 1. The lowest BCUT2D eigenvalue weighted by atomic mass is 10.0. The average Bonchev–Trinajstić information content (AvgIpc) is 3.90. The molecule has 3 heterocycles. The van der Waals surface area contributed by atoms with E-state index in [0.29, 0.717) is 33.8 Å². The number of pyridine rings is 2. The van der Waals surface area contributed by atoms with Crippen molar-refractivity contribution in [3.05, 3.63) is 83.6 Å². The molecule has 0 saturated heterocycles. The Morgan fingerprint density at radius 2 is 1.89 bits per heavy atom. The first-order chi connectivity index (χ1) is 21.3. The number of para-hydroxylation sites is 1. The molecule has 1 saturated carbocycles. The van der Waals surface area contributed by atoms with E-state index in [9.17, 15) is 19.6 Å². The van der Waals surface area contributed by atoms with Gasteiger partial charge < -0.3 is 25.6 Å². The molecule has 1 aliphatic rings. The normalized spacial score (nSPS) is 12.0. The van der Waals surface area contributed by atoms with Gasteiger partial charge in [0.25, 0.3) is 11.8 Å². The quantitative estimate of drug-likeness (QED) is 0.247. The van der Waals surface area contributed by atoms with Crippen molar-refractivity contribution in [1.29, 1.82) is 5.26 Å². The first-order valence-electron chi connectivity index (χ1n) is 13.7. The van der Waals surface area contributed by atoms with Crippen LogP contribution in [0, 0.1) is 17.2 Å². The number of aromatic nitrogens is 4. The van der Waals surface area contributed by atoms with E-state index < -0.39 is 5.91 Å². The SMILES string of the molecule is CNC(=O)c1nnc(NC(=O)C2CC2)cc1Nc1cccc(-c2ccc(C(=O)N(C)Cc3cccnc3C#N)nc2)c1OC. The van der Waals surface area contributed by atoms with Crippen LogP contribution in [0.5, 0.6) is 5.75 Å². The fraction of sp³-hybridized carbons (Fsp3) is 0.226.